The van der Waals surface area contributed by atoms with Crippen LogP contribution < -0.4 is 0 Å². The van der Waals surface area contributed by atoms with E-state index in [0.29, 0.717) is 6.04 Å². The maximum absolute atomic E-state index is 6.77. The van der Waals surface area contributed by atoms with Crippen LogP contribution in [0.15, 0.2) is 48.5 Å². The second-order valence-electron chi connectivity index (χ2n) is 10.5. The zero-order chi connectivity index (χ0) is 22.3. The Morgan fingerprint density at radius 3 is 2.56 bits per heavy atom. The van der Waals surface area contributed by atoms with Crippen molar-refractivity contribution in [3.8, 4) is 0 Å². The summed E-state index contributed by atoms with van der Waals surface area (Å²) in [6.07, 6.45) is 8.39. The van der Waals surface area contributed by atoms with Crippen molar-refractivity contribution in [2.24, 2.45) is 5.92 Å². The highest BCUT2D eigenvalue weighted by Gasteiger charge is 2.46. The molecular formula is C29H38N2O. The number of rotatable bonds is 5. The molecule has 1 fully saturated rings. The van der Waals surface area contributed by atoms with E-state index in [9.17, 15) is 0 Å². The summed E-state index contributed by atoms with van der Waals surface area (Å²) in [5.74, 6) is 0.732. The summed E-state index contributed by atoms with van der Waals surface area (Å²) < 4.78 is 6.77. The predicted octanol–water partition coefficient (Wildman–Crippen LogP) is 6.39. The number of fused-ring (bicyclic) bond motifs is 4. The third-order valence-corrected chi connectivity index (χ3v) is 8.05. The SMILES string of the molecule is Cc1ccc2[nH]c3c(c2c1)CC(C)OC31CCC(C(CCc2ccccc2)N(C)C)CC1. The molecule has 2 unspecified atom stereocenters. The summed E-state index contributed by atoms with van der Waals surface area (Å²) in [4.78, 5) is 6.27. The molecular weight excluding hydrogens is 392 g/mol. The van der Waals surface area contributed by atoms with Crippen molar-refractivity contribution >= 4 is 10.9 Å². The number of aryl methyl sites for hydroxylation is 2. The molecule has 0 saturated heterocycles. The lowest BCUT2D eigenvalue weighted by Crippen LogP contribution is -2.45. The van der Waals surface area contributed by atoms with Gasteiger partial charge in [-0.05, 0) is 95.6 Å². The van der Waals surface area contributed by atoms with Gasteiger partial charge in [0.05, 0.1) is 11.8 Å². The van der Waals surface area contributed by atoms with Gasteiger partial charge in [-0.3, -0.25) is 0 Å². The first-order chi connectivity index (χ1) is 15.4. The van der Waals surface area contributed by atoms with Gasteiger partial charge >= 0.3 is 0 Å². The minimum absolute atomic E-state index is 0.132. The van der Waals surface area contributed by atoms with Gasteiger partial charge in [0.25, 0.3) is 0 Å². The minimum Gasteiger partial charge on any atom is -0.365 e. The summed E-state index contributed by atoms with van der Waals surface area (Å²) >= 11 is 0. The smallest absolute Gasteiger partial charge is 0.108 e. The quantitative estimate of drug-likeness (QED) is 0.508. The Morgan fingerprint density at radius 1 is 1.09 bits per heavy atom. The van der Waals surface area contributed by atoms with Gasteiger partial charge in [0.1, 0.15) is 5.60 Å². The van der Waals surface area contributed by atoms with Crippen molar-refractivity contribution in [1.29, 1.82) is 0 Å². The maximum atomic E-state index is 6.77. The van der Waals surface area contributed by atoms with Gasteiger partial charge in [0, 0.05) is 23.4 Å². The second-order valence-corrected chi connectivity index (χ2v) is 10.5. The maximum Gasteiger partial charge on any atom is 0.108 e. The first-order valence-electron chi connectivity index (χ1n) is 12.4. The van der Waals surface area contributed by atoms with Crippen molar-refractivity contribution in [2.45, 2.75) is 76.5 Å². The van der Waals surface area contributed by atoms with Crippen LogP contribution in [0.2, 0.25) is 0 Å². The van der Waals surface area contributed by atoms with E-state index in [-0.39, 0.29) is 11.7 Å². The number of hydrogen-bond acceptors (Lipinski definition) is 2. The molecule has 32 heavy (non-hydrogen) atoms. The highest BCUT2D eigenvalue weighted by atomic mass is 16.5. The molecule has 3 aromatic rings. The molecule has 1 spiro atoms. The molecule has 1 saturated carbocycles. The van der Waals surface area contributed by atoms with Crippen LogP contribution in [0.25, 0.3) is 10.9 Å². The van der Waals surface area contributed by atoms with E-state index >= 15 is 0 Å². The number of H-pyrrole nitrogens is 1. The Labute approximate surface area is 193 Å². The molecule has 3 nitrogen and oxygen atoms in total. The molecule has 0 bridgehead atoms. The average Bonchev–Trinajstić information content (AvgIpc) is 3.14. The van der Waals surface area contributed by atoms with Crippen molar-refractivity contribution in [3.63, 3.8) is 0 Å². The van der Waals surface area contributed by atoms with Crippen LogP contribution in [0.5, 0.6) is 0 Å². The standard InChI is InChI=1S/C29H38N2O/c1-20-10-12-26-24(18-20)25-19-21(2)32-29(28(25)30-26)16-14-23(15-17-29)27(31(3)4)13-11-22-8-6-5-7-9-22/h5-10,12,18,21,23,27,30H,11,13-17,19H2,1-4H3. The van der Waals surface area contributed by atoms with Gasteiger partial charge in [-0.1, -0.05) is 42.0 Å². The van der Waals surface area contributed by atoms with Crippen LogP contribution in [-0.4, -0.2) is 36.1 Å². The van der Waals surface area contributed by atoms with E-state index in [2.05, 4.69) is 86.4 Å². The minimum atomic E-state index is -0.132. The summed E-state index contributed by atoms with van der Waals surface area (Å²) in [6, 6.07) is 18.4. The van der Waals surface area contributed by atoms with E-state index in [1.807, 2.05) is 0 Å². The third kappa shape index (κ3) is 4.02. The van der Waals surface area contributed by atoms with E-state index in [1.54, 1.807) is 0 Å². The van der Waals surface area contributed by atoms with E-state index in [4.69, 9.17) is 4.74 Å². The lowest BCUT2D eigenvalue weighted by Gasteiger charge is -2.47. The topological polar surface area (TPSA) is 28.3 Å². The Bertz CT molecular complexity index is 1060. The molecule has 2 heterocycles. The largest absolute Gasteiger partial charge is 0.365 e. The van der Waals surface area contributed by atoms with Crippen molar-refractivity contribution < 1.29 is 4.74 Å². The Hall–Kier alpha value is -2.10. The molecule has 0 amide bonds. The first-order valence-corrected chi connectivity index (χ1v) is 12.4. The number of benzene rings is 2. The zero-order valence-corrected chi connectivity index (χ0v) is 20.2. The van der Waals surface area contributed by atoms with E-state index < -0.39 is 0 Å². The fourth-order valence-corrected chi connectivity index (χ4v) is 6.47. The van der Waals surface area contributed by atoms with Crippen LogP contribution in [0, 0.1) is 12.8 Å². The lowest BCUT2D eigenvalue weighted by atomic mass is 9.71. The number of aromatic nitrogens is 1. The molecule has 2 aromatic carbocycles. The van der Waals surface area contributed by atoms with E-state index in [1.165, 1.54) is 52.5 Å². The number of nitrogens with one attached hydrogen (secondary N) is 1. The normalized spacial score (nSPS) is 26.5. The van der Waals surface area contributed by atoms with Gasteiger partial charge < -0.3 is 14.6 Å². The van der Waals surface area contributed by atoms with Gasteiger partial charge in [0.15, 0.2) is 0 Å². The molecule has 5 rings (SSSR count). The van der Waals surface area contributed by atoms with Crippen molar-refractivity contribution in [2.75, 3.05) is 14.1 Å². The number of ether oxygens (including phenoxy) is 1. The van der Waals surface area contributed by atoms with Gasteiger partial charge in [0.2, 0.25) is 0 Å². The van der Waals surface area contributed by atoms with Gasteiger partial charge in [-0.25, -0.2) is 0 Å². The summed E-state index contributed by atoms with van der Waals surface area (Å²) in [5.41, 5.74) is 6.81. The predicted molar refractivity (Wildman–Crippen MR) is 133 cm³/mol. The van der Waals surface area contributed by atoms with Crippen LogP contribution in [0.4, 0.5) is 0 Å². The lowest BCUT2D eigenvalue weighted by molar-refractivity contribution is -0.135. The molecule has 1 N–H and O–H groups in total. The molecule has 1 aromatic heterocycles. The summed E-state index contributed by atoms with van der Waals surface area (Å²) in [6.45, 7) is 4.45. The summed E-state index contributed by atoms with van der Waals surface area (Å²) in [7, 11) is 4.52. The fraction of sp³-hybridized carbons (Fsp3) is 0.517. The van der Waals surface area contributed by atoms with Crippen LogP contribution >= 0.6 is 0 Å². The monoisotopic (exact) mass is 430 g/mol. The van der Waals surface area contributed by atoms with Crippen molar-refractivity contribution in [3.05, 3.63) is 70.9 Å². The molecule has 2 atom stereocenters. The molecule has 3 heteroatoms. The molecule has 170 valence electrons. The second kappa shape index (κ2) is 8.68. The summed E-state index contributed by atoms with van der Waals surface area (Å²) in [5, 5.41) is 1.41. The first kappa shape index (κ1) is 21.7. The van der Waals surface area contributed by atoms with E-state index in [0.717, 1.165) is 31.6 Å². The average molecular weight is 431 g/mol. The number of aromatic amines is 1. The zero-order valence-electron chi connectivity index (χ0n) is 20.2. The molecule has 0 radical (unpaired) electrons. The van der Waals surface area contributed by atoms with Crippen LogP contribution in [-0.2, 0) is 23.2 Å². The van der Waals surface area contributed by atoms with Crippen LogP contribution in [0.3, 0.4) is 0 Å². The molecule has 1 aliphatic carbocycles. The van der Waals surface area contributed by atoms with Gasteiger partial charge in [-0.2, -0.15) is 0 Å². The van der Waals surface area contributed by atoms with Crippen LogP contribution in [0.1, 0.15) is 61.4 Å². The Morgan fingerprint density at radius 2 is 1.84 bits per heavy atom. The molecule has 1 aliphatic heterocycles. The Balaban J connectivity index is 1.35. The number of nitrogens with zero attached hydrogens (tertiary/aromatic N) is 1. The van der Waals surface area contributed by atoms with Crippen molar-refractivity contribution in [1.82, 2.24) is 9.88 Å². The molecule has 2 aliphatic rings. The van der Waals surface area contributed by atoms with Gasteiger partial charge in [-0.15, -0.1) is 0 Å². The third-order valence-electron chi connectivity index (χ3n) is 8.05. The highest BCUT2D eigenvalue weighted by Crippen LogP contribution is 2.49. The number of hydrogen-bond donors (Lipinski definition) is 1. The Kier molecular flexibility index (Phi) is 5.90. The highest BCUT2D eigenvalue weighted by molar-refractivity contribution is 5.86. The fourth-order valence-electron chi connectivity index (χ4n) is 6.47.